The van der Waals surface area contributed by atoms with Gasteiger partial charge in [-0.05, 0) is 36.0 Å². The summed E-state index contributed by atoms with van der Waals surface area (Å²) in [6.07, 6.45) is 2.55. The Morgan fingerprint density at radius 3 is 2.33 bits per heavy atom. The summed E-state index contributed by atoms with van der Waals surface area (Å²) < 4.78 is 5.55. The number of hydrogen-bond acceptors (Lipinski definition) is 2. The smallest absolute Gasteiger partial charge is 0.303 e. The predicted molar refractivity (Wildman–Crippen MR) is 56.6 cm³/mol. The number of aliphatic carboxylic acids is 1. The lowest BCUT2D eigenvalue weighted by molar-refractivity contribution is -0.145. The summed E-state index contributed by atoms with van der Waals surface area (Å²) in [6.45, 7) is 6.10. The van der Waals surface area contributed by atoms with Gasteiger partial charge in [-0.15, -0.1) is 0 Å². The van der Waals surface area contributed by atoms with Crippen molar-refractivity contribution >= 4 is 5.97 Å². The van der Waals surface area contributed by atoms with Crippen LogP contribution < -0.4 is 0 Å². The van der Waals surface area contributed by atoms with Crippen LogP contribution in [0.5, 0.6) is 0 Å². The fourth-order valence-electron chi connectivity index (χ4n) is 3.46. The summed E-state index contributed by atoms with van der Waals surface area (Å²) in [6, 6.07) is 0. The van der Waals surface area contributed by atoms with E-state index in [-0.39, 0.29) is 0 Å². The van der Waals surface area contributed by atoms with E-state index in [4.69, 9.17) is 9.84 Å². The van der Waals surface area contributed by atoms with Crippen LogP contribution in [0, 0.1) is 23.2 Å². The van der Waals surface area contributed by atoms with Crippen molar-refractivity contribution in [2.45, 2.75) is 33.1 Å². The topological polar surface area (TPSA) is 46.5 Å². The third-order valence-electron chi connectivity index (χ3n) is 3.91. The first-order valence-corrected chi connectivity index (χ1v) is 5.77. The highest BCUT2D eigenvalue weighted by Gasteiger charge is 2.44. The van der Waals surface area contributed by atoms with Crippen LogP contribution in [0.4, 0.5) is 0 Å². The Kier molecular flexibility index (Phi) is 2.75. The van der Waals surface area contributed by atoms with Gasteiger partial charge in [0.15, 0.2) is 0 Å². The van der Waals surface area contributed by atoms with E-state index in [9.17, 15) is 4.79 Å². The Morgan fingerprint density at radius 2 is 1.87 bits per heavy atom. The van der Waals surface area contributed by atoms with E-state index < -0.39 is 5.97 Å². The molecule has 0 radical (unpaired) electrons. The van der Waals surface area contributed by atoms with Gasteiger partial charge in [0.05, 0.1) is 0 Å². The molecule has 0 amide bonds. The Morgan fingerprint density at radius 1 is 1.33 bits per heavy atom. The molecule has 0 aromatic rings. The fourth-order valence-corrected chi connectivity index (χ4v) is 3.46. The van der Waals surface area contributed by atoms with Gasteiger partial charge < -0.3 is 9.84 Å². The third-order valence-corrected chi connectivity index (χ3v) is 3.91. The molecule has 2 aliphatic rings. The minimum Gasteiger partial charge on any atom is -0.481 e. The number of rotatable bonds is 2. The van der Waals surface area contributed by atoms with E-state index in [0.717, 1.165) is 26.1 Å². The van der Waals surface area contributed by atoms with E-state index in [0.29, 0.717) is 29.6 Å². The molecule has 2 bridgehead atoms. The summed E-state index contributed by atoms with van der Waals surface area (Å²) in [4.78, 5) is 10.8. The number of hydrogen-bond donors (Lipinski definition) is 1. The maximum Gasteiger partial charge on any atom is 0.303 e. The van der Waals surface area contributed by atoms with Gasteiger partial charge in [-0.25, -0.2) is 0 Å². The zero-order chi connectivity index (χ0) is 11.1. The van der Waals surface area contributed by atoms with Gasteiger partial charge in [0, 0.05) is 19.6 Å². The molecule has 1 aliphatic heterocycles. The summed E-state index contributed by atoms with van der Waals surface area (Å²) in [5, 5.41) is 8.91. The van der Waals surface area contributed by atoms with Gasteiger partial charge >= 0.3 is 5.97 Å². The van der Waals surface area contributed by atoms with Crippen molar-refractivity contribution in [1.29, 1.82) is 0 Å². The molecule has 86 valence electrons. The zero-order valence-electron chi connectivity index (χ0n) is 9.53. The molecular weight excluding hydrogens is 192 g/mol. The number of carboxylic acid groups (broad SMARTS) is 1. The monoisotopic (exact) mass is 212 g/mol. The van der Waals surface area contributed by atoms with E-state index in [2.05, 4.69) is 13.8 Å². The molecule has 0 aromatic heterocycles. The highest BCUT2D eigenvalue weighted by atomic mass is 16.5. The molecule has 2 atom stereocenters. The second-order valence-electron chi connectivity index (χ2n) is 5.89. The van der Waals surface area contributed by atoms with Crippen molar-refractivity contribution in [2.24, 2.45) is 23.2 Å². The Labute approximate surface area is 90.8 Å². The molecule has 15 heavy (non-hydrogen) atoms. The fraction of sp³-hybridized carbons (Fsp3) is 0.917. The van der Waals surface area contributed by atoms with Crippen molar-refractivity contribution in [3.63, 3.8) is 0 Å². The van der Waals surface area contributed by atoms with Crippen LogP contribution in [0.3, 0.4) is 0 Å². The summed E-state index contributed by atoms with van der Waals surface area (Å²) >= 11 is 0. The number of ether oxygens (including phenoxy) is 1. The summed E-state index contributed by atoms with van der Waals surface area (Å²) in [5.74, 6) is 0.619. The van der Waals surface area contributed by atoms with Crippen LogP contribution in [0.25, 0.3) is 0 Å². The van der Waals surface area contributed by atoms with Crippen LogP contribution >= 0.6 is 0 Å². The van der Waals surface area contributed by atoms with Gasteiger partial charge in [-0.3, -0.25) is 4.79 Å². The van der Waals surface area contributed by atoms with Gasteiger partial charge in [-0.1, -0.05) is 13.8 Å². The number of carboxylic acids is 1. The minimum atomic E-state index is -0.656. The van der Waals surface area contributed by atoms with Crippen molar-refractivity contribution in [3.05, 3.63) is 0 Å². The van der Waals surface area contributed by atoms with E-state index in [1.165, 1.54) is 0 Å². The van der Waals surface area contributed by atoms with E-state index in [1.807, 2.05) is 0 Å². The first-order valence-electron chi connectivity index (χ1n) is 5.77. The number of fused-ring (bicyclic) bond motifs is 2. The highest BCUT2D eigenvalue weighted by Crippen LogP contribution is 2.48. The maximum atomic E-state index is 10.8. The van der Waals surface area contributed by atoms with Gasteiger partial charge in [0.25, 0.3) is 0 Å². The molecule has 1 N–H and O–H groups in total. The molecule has 1 saturated carbocycles. The Hall–Kier alpha value is -0.570. The normalized spacial score (nSPS) is 38.7. The molecule has 1 saturated heterocycles. The average Bonchev–Trinajstić information content (AvgIpc) is 2.05. The Balaban J connectivity index is 2.10. The van der Waals surface area contributed by atoms with Crippen molar-refractivity contribution < 1.29 is 14.6 Å². The van der Waals surface area contributed by atoms with Crippen LogP contribution in [0.2, 0.25) is 0 Å². The third kappa shape index (κ3) is 2.33. The van der Waals surface area contributed by atoms with Crippen LogP contribution in [-0.2, 0) is 9.53 Å². The molecule has 3 nitrogen and oxygen atoms in total. The summed E-state index contributed by atoms with van der Waals surface area (Å²) in [7, 11) is 0. The van der Waals surface area contributed by atoms with Gasteiger partial charge in [-0.2, -0.15) is 0 Å². The molecule has 2 rings (SSSR count). The Bertz CT molecular complexity index is 244. The SMILES string of the molecule is CC1(C)CC2COCC(C1)C2CC(=O)O. The van der Waals surface area contributed by atoms with E-state index >= 15 is 0 Å². The second kappa shape index (κ2) is 3.78. The molecule has 1 heterocycles. The molecule has 1 aliphatic carbocycles. The first kappa shape index (κ1) is 10.9. The number of carbonyl (C=O) groups is 1. The van der Waals surface area contributed by atoms with Crippen LogP contribution in [0.15, 0.2) is 0 Å². The quantitative estimate of drug-likeness (QED) is 0.763. The molecule has 3 heteroatoms. The summed E-state index contributed by atoms with van der Waals surface area (Å²) in [5.41, 5.74) is 0.369. The predicted octanol–water partition coefficient (Wildman–Crippen LogP) is 2.16. The minimum absolute atomic E-state index is 0.328. The molecule has 0 aromatic carbocycles. The first-order chi connectivity index (χ1) is 6.98. The van der Waals surface area contributed by atoms with E-state index in [1.54, 1.807) is 0 Å². The van der Waals surface area contributed by atoms with Crippen molar-refractivity contribution in [3.8, 4) is 0 Å². The highest BCUT2D eigenvalue weighted by molar-refractivity contribution is 5.67. The molecular formula is C12H20O3. The standard InChI is InChI=1S/C12H20O3/c1-12(2)4-8-6-15-7-9(5-12)10(8)3-11(13)14/h8-10H,3-7H2,1-2H3,(H,13,14). The van der Waals surface area contributed by atoms with Gasteiger partial charge in [0.1, 0.15) is 0 Å². The largest absolute Gasteiger partial charge is 0.481 e. The lowest BCUT2D eigenvalue weighted by Gasteiger charge is -2.48. The lowest BCUT2D eigenvalue weighted by Crippen LogP contribution is -2.45. The molecule has 2 unspecified atom stereocenters. The molecule has 2 fully saturated rings. The lowest BCUT2D eigenvalue weighted by atomic mass is 9.60. The van der Waals surface area contributed by atoms with Crippen molar-refractivity contribution in [2.75, 3.05) is 13.2 Å². The second-order valence-corrected chi connectivity index (χ2v) is 5.89. The molecule has 0 spiro atoms. The average molecular weight is 212 g/mol. The van der Waals surface area contributed by atoms with Gasteiger partial charge in [0.2, 0.25) is 0 Å². The zero-order valence-corrected chi connectivity index (χ0v) is 9.53. The van der Waals surface area contributed by atoms with Crippen LogP contribution in [-0.4, -0.2) is 24.3 Å². The van der Waals surface area contributed by atoms with Crippen LogP contribution in [0.1, 0.15) is 33.1 Å². The van der Waals surface area contributed by atoms with Crippen molar-refractivity contribution in [1.82, 2.24) is 0 Å². The maximum absolute atomic E-state index is 10.8.